The van der Waals surface area contributed by atoms with E-state index in [2.05, 4.69) is 34.7 Å². The summed E-state index contributed by atoms with van der Waals surface area (Å²) in [6, 6.07) is 11.8. The first-order chi connectivity index (χ1) is 11.7. The van der Waals surface area contributed by atoms with Crippen LogP contribution in [0.1, 0.15) is 37.7 Å². The largest absolute Gasteiger partial charge is 0.316 e. The normalized spacial score (nSPS) is 15.5. The number of aryl methyl sites for hydroxylation is 1. The van der Waals surface area contributed by atoms with Gasteiger partial charge in [0.25, 0.3) is 5.56 Å². The van der Waals surface area contributed by atoms with E-state index >= 15 is 0 Å². The van der Waals surface area contributed by atoms with E-state index in [4.69, 9.17) is 0 Å². The van der Waals surface area contributed by atoms with Crippen LogP contribution in [0, 0.1) is 5.92 Å². The van der Waals surface area contributed by atoms with Gasteiger partial charge in [0.1, 0.15) is 0 Å². The second-order valence-electron chi connectivity index (χ2n) is 6.84. The predicted octanol–water partition coefficient (Wildman–Crippen LogP) is 3.16. The quantitative estimate of drug-likeness (QED) is 0.830. The molecule has 0 spiro atoms. The van der Waals surface area contributed by atoms with E-state index in [0.717, 1.165) is 30.1 Å². The maximum Gasteiger partial charge on any atom is 0.266 e. The van der Waals surface area contributed by atoms with Gasteiger partial charge in [-0.15, -0.1) is 0 Å². The maximum absolute atomic E-state index is 11.4. The second kappa shape index (κ2) is 8.25. The van der Waals surface area contributed by atoms with Gasteiger partial charge in [0.15, 0.2) is 0 Å². The molecule has 0 radical (unpaired) electrons. The fourth-order valence-corrected chi connectivity index (χ4v) is 3.43. The molecule has 0 aliphatic heterocycles. The smallest absolute Gasteiger partial charge is 0.266 e. The minimum Gasteiger partial charge on any atom is -0.316 e. The molecule has 0 saturated heterocycles. The maximum atomic E-state index is 11.4. The Morgan fingerprint density at radius 2 is 1.83 bits per heavy atom. The highest BCUT2D eigenvalue weighted by Gasteiger charge is 2.12. The molecule has 4 nitrogen and oxygen atoms in total. The second-order valence-corrected chi connectivity index (χ2v) is 6.84. The van der Waals surface area contributed by atoms with Crippen molar-refractivity contribution < 1.29 is 0 Å². The summed E-state index contributed by atoms with van der Waals surface area (Å²) in [5, 5.41) is 7.90. The van der Waals surface area contributed by atoms with Gasteiger partial charge >= 0.3 is 0 Å². The molecule has 1 heterocycles. The highest BCUT2D eigenvalue weighted by Crippen LogP contribution is 2.22. The Morgan fingerprint density at radius 3 is 2.54 bits per heavy atom. The number of aromatic nitrogens is 2. The van der Waals surface area contributed by atoms with Crippen molar-refractivity contribution in [2.45, 2.75) is 38.5 Å². The minimum atomic E-state index is -0.0839. The van der Waals surface area contributed by atoms with Gasteiger partial charge in [-0.05, 0) is 49.9 Å². The highest BCUT2D eigenvalue weighted by atomic mass is 16.1. The monoisotopic (exact) mass is 325 g/mol. The van der Waals surface area contributed by atoms with Gasteiger partial charge in [-0.25, -0.2) is 4.68 Å². The summed E-state index contributed by atoms with van der Waals surface area (Å²) in [5.41, 5.74) is 3.13. The van der Waals surface area contributed by atoms with E-state index in [1.165, 1.54) is 48.9 Å². The molecule has 1 fully saturated rings. The standard InChI is InChI=1S/C20H27N3O/c1-23-20(24)12-11-19(22-23)18-9-7-16(8-10-18)13-14-21-15-17-5-3-2-4-6-17/h7-12,17,21H,2-6,13-15H2,1H3. The number of nitrogens with one attached hydrogen (secondary N) is 1. The van der Waals surface area contributed by atoms with Crippen molar-refractivity contribution in [1.29, 1.82) is 0 Å². The number of rotatable bonds is 6. The third kappa shape index (κ3) is 4.54. The molecule has 128 valence electrons. The molecular weight excluding hydrogens is 298 g/mol. The molecule has 0 atom stereocenters. The number of benzene rings is 1. The molecule has 2 aromatic rings. The fourth-order valence-electron chi connectivity index (χ4n) is 3.43. The van der Waals surface area contributed by atoms with Crippen LogP contribution in [0.2, 0.25) is 0 Å². The summed E-state index contributed by atoms with van der Waals surface area (Å²) < 4.78 is 1.37. The first-order valence-corrected chi connectivity index (χ1v) is 9.07. The van der Waals surface area contributed by atoms with E-state index in [0.29, 0.717) is 0 Å². The van der Waals surface area contributed by atoms with Crippen LogP contribution in [0.4, 0.5) is 0 Å². The molecule has 0 unspecified atom stereocenters. The predicted molar refractivity (Wildman–Crippen MR) is 98.1 cm³/mol. The average molecular weight is 325 g/mol. The molecule has 0 amide bonds. The Balaban J connectivity index is 1.49. The van der Waals surface area contributed by atoms with Gasteiger partial charge in [0, 0.05) is 18.7 Å². The molecule has 24 heavy (non-hydrogen) atoms. The van der Waals surface area contributed by atoms with Crippen molar-refractivity contribution in [1.82, 2.24) is 15.1 Å². The molecule has 0 bridgehead atoms. The van der Waals surface area contributed by atoms with Gasteiger partial charge in [-0.3, -0.25) is 4.79 Å². The average Bonchev–Trinajstić information content (AvgIpc) is 2.62. The first-order valence-electron chi connectivity index (χ1n) is 9.07. The minimum absolute atomic E-state index is 0.0839. The van der Waals surface area contributed by atoms with Crippen molar-refractivity contribution >= 4 is 0 Å². The lowest BCUT2D eigenvalue weighted by Crippen LogP contribution is -2.26. The Morgan fingerprint density at radius 1 is 1.08 bits per heavy atom. The molecule has 1 N–H and O–H groups in total. The molecule has 1 aromatic heterocycles. The summed E-state index contributed by atoms with van der Waals surface area (Å²) in [5.74, 6) is 0.886. The molecule has 1 aromatic carbocycles. The lowest BCUT2D eigenvalue weighted by molar-refractivity contribution is 0.343. The first kappa shape index (κ1) is 16.9. The van der Waals surface area contributed by atoms with Gasteiger partial charge in [-0.2, -0.15) is 5.10 Å². The van der Waals surface area contributed by atoms with E-state index in [1.807, 2.05) is 0 Å². The summed E-state index contributed by atoms with van der Waals surface area (Å²) >= 11 is 0. The van der Waals surface area contributed by atoms with E-state index < -0.39 is 0 Å². The zero-order chi connectivity index (χ0) is 16.8. The van der Waals surface area contributed by atoms with Crippen LogP contribution >= 0.6 is 0 Å². The highest BCUT2D eigenvalue weighted by molar-refractivity contribution is 5.58. The van der Waals surface area contributed by atoms with Crippen molar-refractivity contribution in [3.8, 4) is 11.3 Å². The van der Waals surface area contributed by atoms with Crippen molar-refractivity contribution in [3.63, 3.8) is 0 Å². The lowest BCUT2D eigenvalue weighted by atomic mass is 9.89. The summed E-state index contributed by atoms with van der Waals surface area (Å²) in [6.45, 7) is 2.20. The van der Waals surface area contributed by atoms with Crippen LogP contribution in [0.3, 0.4) is 0 Å². The van der Waals surface area contributed by atoms with Crippen LogP contribution in [-0.2, 0) is 13.5 Å². The van der Waals surface area contributed by atoms with Gasteiger partial charge in [-0.1, -0.05) is 43.5 Å². The van der Waals surface area contributed by atoms with Crippen molar-refractivity contribution in [3.05, 3.63) is 52.3 Å². The Kier molecular flexibility index (Phi) is 5.81. The number of hydrogen-bond donors (Lipinski definition) is 1. The molecule has 4 heteroatoms. The van der Waals surface area contributed by atoms with Gasteiger partial charge in [0.2, 0.25) is 0 Å². The van der Waals surface area contributed by atoms with Crippen molar-refractivity contribution in [2.24, 2.45) is 13.0 Å². The van der Waals surface area contributed by atoms with Gasteiger partial charge < -0.3 is 5.32 Å². The molecular formula is C20H27N3O. The molecule has 1 aliphatic carbocycles. The summed E-state index contributed by atoms with van der Waals surface area (Å²) in [4.78, 5) is 11.4. The van der Waals surface area contributed by atoms with E-state index in [9.17, 15) is 4.79 Å². The molecule has 3 rings (SSSR count). The Bertz CT molecular complexity index is 700. The Labute approximate surface area is 143 Å². The third-order valence-electron chi connectivity index (χ3n) is 4.96. The van der Waals surface area contributed by atoms with Crippen LogP contribution in [0.15, 0.2) is 41.2 Å². The number of nitrogens with zero attached hydrogens (tertiary/aromatic N) is 2. The van der Waals surface area contributed by atoms with Crippen LogP contribution in [0.25, 0.3) is 11.3 Å². The summed E-state index contributed by atoms with van der Waals surface area (Å²) in [7, 11) is 1.68. The SMILES string of the molecule is Cn1nc(-c2ccc(CCNCC3CCCCC3)cc2)ccc1=O. The van der Waals surface area contributed by atoms with Crippen LogP contribution in [0.5, 0.6) is 0 Å². The topological polar surface area (TPSA) is 46.9 Å². The molecule has 1 saturated carbocycles. The lowest BCUT2D eigenvalue weighted by Gasteiger charge is -2.21. The van der Waals surface area contributed by atoms with Crippen LogP contribution < -0.4 is 10.9 Å². The van der Waals surface area contributed by atoms with Crippen LogP contribution in [-0.4, -0.2) is 22.9 Å². The fraction of sp³-hybridized carbons (Fsp3) is 0.500. The summed E-state index contributed by atoms with van der Waals surface area (Å²) in [6.07, 6.45) is 8.09. The zero-order valence-electron chi connectivity index (χ0n) is 14.5. The zero-order valence-corrected chi connectivity index (χ0v) is 14.5. The molecule has 1 aliphatic rings. The third-order valence-corrected chi connectivity index (χ3v) is 4.96. The van der Waals surface area contributed by atoms with Gasteiger partial charge in [0.05, 0.1) is 5.69 Å². The van der Waals surface area contributed by atoms with E-state index in [1.54, 1.807) is 19.2 Å². The Hall–Kier alpha value is -1.94. The van der Waals surface area contributed by atoms with E-state index in [-0.39, 0.29) is 5.56 Å². The van der Waals surface area contributed by atoms with Crippen molar-refractivity contribution in [2.75, 3.05) is 13.1 Å². The number of hydrogen-bond acceptors (Lipinski definition) is 3.